The first-order chi connectivity index (χ1) is 7.75. The van der Waals surface area contributed by atoms with Gasteiger partial charge in [0.25, 0.3) is 0 Å². The highest BCUT2D eigenvalue weighted by Gasteiger charge is 2.15. The van der Waals surface area contributed by atoms with Crippen molar-refractivity contribution in [2.75, 3.05) is 12.3 Å². The van der Waals surface area contributed by atoms with Crippen LogP contribution in [0.4, 0.5) is 5.69 Å². The zero-order valence-electron chi connectivity index (χ0n) is 9.29. The van der Waals surface area contributed by atoms with E-state index in [1.165, 1.54) is 32.1 Å². The predicted octanol–water partition coefficient (Wildman–Crippen LogP) is 3.28. The fourth-order valence-electron chi connectivity index (χ4n) is 2.09. The van der Waals surface area contributed by atoms with Crippen molar-refractivity contribution in [1.82, 2.24) is 4.98 Å². The molecular formula is C12H17ClN2O. The molecule has 0 bridgehead atoms. The molecular weight excluding hydrogens is 224 g/mol. The fraction of sp³-hybridized carbons (Fsp3) is 0.583. The van der Waals surface area contributed by atoms with Gasteiger partial charge in [0.15, 0.2) is 0 Å². The van der Waals surface area contributed by atoms with Crippen LogP contribution in [0.1, 0.15) is 32.1 Å². The van der Waals surface area contributed by atoms with E-state index in [0.29, 0.717) is 29.2 Å². The molecule has 1 aromatic heterocycles. The van der Waals surface area contributed by atoms with Crippen molar-refractivity contribution < 1.29 is 4.74 Å². The standard InChI is InChI=1S/C12H17ClN2O/c13-11-7-6-10(14)12(15-11)16-8-9-4-2-1-3-5-9/h6-7,9H,1-5,8,14H2. The second kappa shape index (κ2) is 5.39. The maximum Gasteiger partial charge on any atom is 0.238 e. The highest BCUT2D eigenvalue weighted by atomic mass is 35.5. The quantitative estimate of drug-likeness (QED) is 0.825. The molecule has 1 saturated carbocycles. The Kier molecular flexibility index (Phi) is 3.88. The molecule has 1 heterocycles. The number of ether oxygens (including phenoxy) is 1. The number of nitrogens with zero attached hydrogens (tertiary/aromatic N) is 1. The third-order valence-corrected chi connectivity index (χ3v) is 3.25. The van der Waals surface area contributed by atoms with Crippen LogP contribution in [-0.2, 0) is 0 Å². The zero-order valence-corrected chi connectivity index (χ0v) is 10.0. The molecule has 0 spiro atoms. The van der Waals surface area contributed by atoms with Crippen LogP contribution in [0, 0.1) is 5.92 Å². The maximum atomic E-state index is 5.79. The van der Waals surface area contributed by atoms with Crippen LogP contribution in [0.3, 0.4) is 0 Å². The Morgan fingerprint density at radius 1 is 1.31 bits per heavy atom. The molecule has 3 nitrogen and oxygen atoms in total. The Bertz CT molecular complexity index is 351. The minimum Gasteiger partial charge on any atom is -0.476 e. The van der Waals surface area contributed by atoms with Crippen molar-refractivity contribution in [2.24, 2.45) is 5.92 Å². The molecule has 0 amide bonds. The lowest BCUT2D eigenvalue weighted by atomic mass is 9.90. The number of aromatic nitrogens is 1. The summed E-state index contributed by atoms with van der Waals surface area (Å²) in [5, 5.41) is 0.424. The van der Waals surface area contributed by atoms with E-state index in [2.05, 4.69) is 4.98 Å². The molecule has 0 atom stereocenters. The molecule has 4 heteroatoms. The number of pyridine rings is 1. The van der Waals surface area contributed by atoms with Gasteiger partial charge >= 0.3 is 0 Å². The number of anilines is 1. The summed E-state index contributed by atoms with van der Waals surface area (Å²) in [5.74, 6) is 1.12. The number of rotatable bonds is 3. The van der Waals surface area contributed by atoms with Gasteiger partial charge in [0.05, 0.1) is 12.3 Å². The molecule has 0 radical (unpaired) electrons. The van der Waals surface area contributed by atoms with E-state index in [-0.39, 0.29) is 0 Å². The van der Waals surface area contributed by atoms with Crippen LogP contribution in [0.2, 0.25) is 5.15 Å². The van der Waals surface area contributed by atoms with E-state index in [0.717, 1.165) is 0 Å². The normalized spacial score (nSPS) is 17.3. The molecule has 16 heavy (non-hydrogen) atoms. The first-order valence-electron chi connectivity index (χ1n) is 5.80. The van der Waals surface area contributed by atoms with Crippen LogP contribution in [0.5, 0.6) is 5.88 Å². The number of hydrogen-bond donors (Lipinski definition) is 1. The molecule has 0 aliphatic heterocycles. The van der Waals surface area contributed by atoms with Gasteiger partial charge in [0.1, 0.15) is 5.15 Å². The van der Waals surface area contributed by atoms with E-state index in [1.807, 2.05) is 0 Å². The predicted molar refractivity (Wildman–Crippen MR) is 65.7 cm³/mol. The van der Waals surface area contributed by atoms with Gasteiger partial charge in [-0.2, -0.15) is 4.98 Å². The molecule has 1 aliphatic carbocycles. The van der Waals surface area contributed by atoms with Crippen molar-refractivity contribution in [3.05, 3.63) is 17.3 Å². The molecule has 0 aromatic carbocycles. The average molecular weight is 241 g/mol. The molecule has 2 N–H and O–H groups in total. The zero-order chi connectivity index (χ0) is 11.4. The van der Waals surface area contributed by atoms with Crippen LogP contribution in [0.25, 0.3) is 0 Å². The third-order valence-electron chi connectivity index (χ3n) is 3.04. The second-order valence-electron chi connectivity index (χ2n) is 4.34. The van der Waals surface area contributed by atoms with E-state index >= 15 is 0 Å². The topological polar surface area (TPSA) is 48.1 Å². The molecule has 88 valence electrons. The average Bonchev–Trinajstić information content (AvgIpc) is 2.32. The third kappa shape index (κ3) is 3.01. The van der Waals surface area contributed by atoms with Gasteiger partial charge < -0.3 is 10.5 Å². The van der Waals surface area contributed by atoms with Gasteiger partial charge in [-0.25, -0.2) is 0 Å². The highest BCUT2D eigenvalue weighted by molar-refractivity contribution is 6.29. The monoisotopic (exact) mass is 240 g/mol. The summed E-state index contributed by atoms with van der Waals surface area (Å²) in [5.41, 5.74) is 6.31. The Morgan fingerprint density at radius 3 is 2.81 bits per heavy atom. The van der Waals surface area contributed by atoms with E-state index in [4.69, 9.17) is 22.1 Å². The van der Waals surface area contributed by atoms with E-state index < -0.39 is 0 Å². The van der Waals surface area contributed by atoms with Crippen molar-refractivity contribution in [3.63, 3.8) is 0 Å². The van der Waals surface area contributed by atoms with Crippen LogP contribution < -0.4 is 10.5 Å². The van der Waals surface area contributed by atoms with Crippen LogP contribution >= 0.6 is 11.6 Å². The Balaban J connectivity index is 1.90. The number of hydrogen-bond acceptors (Lipinski definition) is 3. The SMILES string of the molecule is Nc1ccc(Cl)nc1OCC1CCCCC1. The Morgan fingerprint density at radius 2 is 2.06 bits per heavy atom. The summed E-state index contributed by atoms with van der Waals surface area (Å²) in [7, 11) is 0. The lowest BCUT2D eigenvalue weighted by Gasteiger charge is -2.21. The van der Waals surface area contributed by atoms with Gasteiger partial charge in [0, 0.05) is 0 Å². The summed E-state index contributed by atoms with van der Waals surface area (Å²) in [6.07, 6.45) is 6.48. The van der Waals surface area contributed by atoms with Gasteiger partial charge in [-0.1, -0.05) is 30.9 Å². The first-order valence-corrected chi connectivity index (χ1v) is 6.18. The molecule has 1 aromatic rings. The lowest BCUT2D eigenvalue weighted by molar-refractivity contribution is 0.204. The van der Waals surface area contributed by atoms with Gasteiger partial charge in [-0.05, 0) is 30.9 Å². The number of nitrogen functional groups attached to an aromatic ring is 1. The summed E-state index contributed by atoms with van der Waals surface area (Å²) >= 11 is 5.79. The van der Waals surface area contributed by atoms with Crippen molar-refractivity contribution >= 4 is 17.3 Å². The minimum atomic E-state index is 0.424. The van der Waals surface area contributed by atoms with E-state index in [1.54, 1.807) is 12.1 Å². The summed E-state index contributed by atoms with van der Waals surface area (Å²) in [4.78, 5) is 4.08. The maximum absolute atomic E-state index is 5.79. The van der Waals surface area contributed by atoms with Crippen LogP contribution in [0.15, 0.2) is 12.1 Å². The largest absolute Gasteiger partial charge is 0.476 e. The Labute approximate surface area is 101 Å². The highest BCUT2D eigenvalue weighted by Crippen LogP contribution is 2.26. The summed E-state index contributed by atoms with van der Waals surface area (Å²) in [6.45, 7) is 0.706. The molecule has 1 aliphatic rings. The van der Waals surface area contributed by atoms with Crippen molar-refractivity contribution in [3.8, 4) is 5.88 Å². The lowest BCUT2D eigenvalue weighted by Crippen LogP contribution is -2.16. The number of nitrogens with two attached hydrogens (primary N) is 1. The summed E-state index contributed by atoms with van der Waals surface area (Å²) < 4.78 is 5.64. The fourth-order valence-corrected chi connectivity index (χ4v) is 2.23. The summed E-state index contributed by atoms with van der Waals surface area (Å²) in [6, 6.07) is 3.40. The van der Waals surface area contributed by atoms with Gasteiger partial charge in [-0.15, -0.1) is 0 Å². The van der Waals surface area contributed by atoms with Gasteiger partial charge in [0.2, 0.25) is 5.88 Å². The first kappa shape index (κ1) is 11.5. The second-order valence-corrected chi connectivity index (χ2v) is 4.73. The van der Waals surface area contributed by atoms with E-state index in [9.17, 15) is 0 Å². The minimum absolute atomic E-state index is 0.424. The molecule has 2 rings (SSSR count). The molecule has 0 saturated heterocycles. The Hall–Kier alpha value is -0.960. The molecule has 1 fully saturated rings. The van der Waals surface area contributed by atoms with Crippen molar-refractivity contribution in [2.45, 2.75) is 32.1 Å². The molecule has 0 unspecified atom stereocenters. The van der Waals surface area contributed by atoms with Crippen LogP contribution in [-0.4, -0.2) is 11.6 Å². The van der Waals surface area contributed by atoms with Gasteiger partial charge in [-0.3, -0.25) is 0 Å². The smallest absolute Gasteiger partial charge is 0.238 e. The number of halogens is 1. The van der Waals surface area contributed by atoms with Crippen molar-refractivity contribution in [1.29, 1.82) is 0 Å².